The highest BCUT2D eigenvalue weighted by molar-refractivity contribution is 5.87. The third-order valence-corrected chi connectivity index (χ3v) is 6.32. The number of carbonyl (C=O) groups excluding carboxylic acids is 2. The smallest absolute Gasteiger partial charge is 0.390 e. The number of aliphatic hydroxyl groups excluding tert-OH is 1. The highest BCUT2D eigenvalue weighted by Crippen LogP contribution is 2.36. The van der Waals surface area contributed by atoms with Crippen LogP contribution in [-0.4, -0.2) is 69.6 Å². The predicted molar refractivity (Wildman–Crippen MR) is 116 cm³/mol. The van der Waals surface area contributed by atoms with Crippen LogP contribution in [0.1, 0.15) is 45.6 Å². The number of nitrogens with zero attached hydrogens (tertiary/aromatic N) is 3. The van der Waals surface area contributed by atoms with E-state index in [-0.39, 0.29) is 18.6 Å². The Kier molecular flexibility index (Phi) is 6.43. The Bertz CT molecular complexity index is 916. The lowest BCUT2D eigenvalue weighted by Crippen LogP contribution is -2.53. The van der Waals surface area contributed by atoms with Gasteiger partial charge in [0.25, 0.3) is 5.88 Å². The highest BCUT2D eigenvalue weighted by Gasteiger charge is 2.41. The Labute approximate surface area is 181 Å². The number of aromatic nitrogens is 2. The molecule has 31 heavy (non-hydrogen) atoms. The van der Waals surface area contributed by atoms with Crippen molar-refractivity contribution in [1.29, 1.82) is 0 Å². The molecule has 1 unspecified atom stereocenters. The van der Waals surface area contributed by atoms with Crippen LogP contribution in [-0.2, 0) is 4.79 Å². The summed E-state index contributed by atoms with van der Waals surface area (Å²) in [5, 5.41) is 21.0. The monoisotopic (exact) mass is 429 g/mol. The molecule has 0 aliphatic carbocycles. The largest absolute Gasteiger partial charge is 0.414 e. The molecule has 9 nitrogen and oxygen atoms in total. The second-order valence-corrected chi connectivity index (χ2v) is 8.82. The molecule has 3 N–H and O–H groups in total. The zero-order valence-electron chi connectivity index (χ0n) is 18.0. The predicted octanol–water partition coefficient (Wildman–Crippen LogP) is 1.81. The molecular formula is C22H31N5O4. The summed E-state index contributed by atoms with van der Waals surface area (Å²) in [4.78, 5) is 25.4. The van der Waals surface area contributed by atoms with Crippen LogP contribution < -0.4 is 15.4 Å². The van der Waals surface area contributed by atoms with Crippen molar-refractivity contribution in [2.24, 2.45) is 0 Å². The SMILES string of the molecule is CC(C)n1nc(OC(=O)N[C@@H]2C[C@H]3CC[C@@H](C2)N3CC(O)CNC=O)c2ccccc21. The first-order valence-electron chi connectivity index (χ1n) is 11.0. The van der Waals surface area contributed by atoms with Crippen molar-refractivity contribution in [2.45, 2.75) is 69.8 Å². The number of amides is 2. The van der Waals surface area contributed by atoms with E-state index >= 15 is 0 Å². The summed E-state index contributed by atoms with van der Waals surface area (Å²) < 4.78 is 7.47. The van der Waals surface area contributed by atoms with Crippen LogP contribution in [0, 0.1) is 0 Å². The number of fused-ring (bicyclic) bond motifs is 3. The Balaban J connectivity index is 1.36. The minimum Gasteiger partial charge on any atom is -0.390 e. The van der Waals surface area contributed by atoms with Crippen molar-refractivity contribution in [3.63, 3.8) is 0 Å². The second-order valence-electron chi connectivity index (χ2n) is 8.82. The maximum Gasteiger partial charge on any atom is 0.414 e. The van der Waals surface area contributed by atoms with E-state index in [9.17, 15) is 14.7 Å². The molecular weight excluding hydrogens is 398 g/mol. The van der Waals surface area contributed by atoms with Gasteiger partial charge < -0.3 is 20.5 Å². The standard InChI is InChI=1S/C22H31N5O4/c1-14(2)27-20-6-4-3-5-19(20)21(25-27)31-22(30)24-15-9-16-7-8-17(10-15)26(16)12-18(29)11-23-13-28/h3-6,13-18,29H,7-12H2,1-2H3,(H,23,28)(H,24,30)/t15-,16-,17+,18?. The van der Waals surface area contributed by atoms with Crippen LogP contribution in [0.15, 0.2) is 24.3 Å². The van der Waals surface area contributed by atoms with E-state index in [1.165, 1.54) is 0 Å². The van der Waals surface area contributed by atoms with Gasteiger partial charge in [-0.3, -0.25) is 14.4 Å². The van der Waals surface area contributed by atoms with Crippen molar-refractivity contribution < 1.29 is 19.4 Å². The average molecular weight is 430 g/mol. The minimum atomic E-state index is -0.591. The Hall–Kier alpha value is -2.65. The summed E-state index contributed by atoms with van der Waals surface area (Å²) in [6.07, 6.45) is 3.28. The van der Waals surface area contributed by atoms with Gasteiger partial charge in [0.2, 0.25) is 6.41 Å². The van der Waals surface area contributed by atoms with Crippen LogP contribution in [0.4, 0.5) is 4.79 Å². The third kappa shape index (κ3) is 4.67. The fraction of sp³-hybridized carbons (Fsp3) is 0.591. The lowest BCUT2D eigenvalue weighted by molar-refractivity contribution is -0.110. The molecule has 168 valence electrons. The number of piperidine rings is 1. The molecule has 2 aliphatic rings. The van der Waals surface area contributed by atoms with Gasteiger partial charge in [-0.05, 0) is 51.7 Å². The van der Waals surface area contributed by atoms with Crippen molar-refractivity contribution >= 4 is 23.4 Å². The molecule has 2 saturated heterocycles. The number of carbonyl (C=O) groups is 2. The summed E-state index contributed by atoms with van der Waals surface area (Å²) >= 11 is 0. The maximum atomic E-state index is 12.6. The molecule has 9 heteroatoms. The van der Waals surface area contributed by atoms with E-state index < -0.39 is 12.2 Å². The molecule has 2 aromatic rings. The van der Waals surface area contributed by atoms with Crippen LogP contribution in [0.3, 0.4) is 0 Å². The van der Waals surface area contributed by atoms with E-state index in [2.05, 4.69) is 20.6 Å². The van der Waals surface area contributed by atoms with Gasteiger partial charge in [0.1, 0.15) is 0 Å². The summed E-state index contributed by atoms with van der Waals surface area (Å²) in [6.45, 7) is 4.87. The Morgan fingerprint density at radius 2 is 2.00 bits per heavy atom. The summed E-state index contributed by atoms with van der Waals surface area (Å²) in [5.74, 6) is 0.327. The molecule has 2 amide bonds. The van der Waals surface area contributed by atoms with Gasteiger partial charge in [0, 0.05) is 37.3 Å². The molecule has 3 heterocycles. The molecule has 1 aromatic carbocycles. The lowest BCUT2D eigenvalue weighted by Gasteiger charge is -2.39. The molecule has 2 aliphatic heterocycles. The quantitative estimate of drug-likeness (QED) is 0.552. The molecule has 0 radical (unpaired) electrons. The number of nitrogens with one attached hydrogen (secondary N) is 2. The number of hydrogen-bond donors (Lipinski definition) is 3. The van der Waals surface area contributed by atoms with E-state index in [0.717, 1.165) is 36.6 Å². The molecule has 2 bridgehead atoms. The first-order chi connectivity index (χ1) is 15.0. The van der Waals surface area contributed by atoms with Gasteiger partial charge in [0.05, 0.1) is 17.0 Å². The maximum absolute atomic E-state index is 12.6. The number of hydrogen-bond acceptors (Lipinski definition) is 6. The minimum absolute atomic E-state index is 0.0324. The average Bonchev–Trinajstić information content (AvgIpc) is 3.20. The van der Waals surface area contributed by atoms with E-state index in [1.54, 1.807) is 0 Å². The van der Waals surface area contributed by atoms with Gasteiger partial charge in [-0.2, -0.15) is 0 Å². The summed E-state index contributed by atoms with van der Waals surface area (Å²) in [6, 6.07) is 8.56. The summed E-state index contributed by atoms with van der Waals surface area (Å²) in [7, 11) is 0. The van der Waals surface area contributed by atoms with Gasteiger partial charge in [-0.1, -0.05) is 12.1 Å². The Morgan fingerprint density at radius 1 is 1.29 bits per heavy atom. The number of ether oxygens (including phenoxy) is 1. The van der Waals surface area contributed by atoms with Gasteiger partial charge in [-0.25, -0.2) is 4.79 Å². The van der Waals surface area contributed by atoms with E-state index in [0.29, 0.717) is 30.9 Å². The van der Waals surface area contributed by atoms with E-state index in [4.69, 9.17) is 4.74 Å². The van der Waals surface area contributed by atoms with Crippen LogP contribution in [0.2, 0.25) is 0 Å². The van der Waals surface area contributed by atoms with Crippen molar-refractivity contribution in [3.8, 4) is 5.88 Å². The first kappa shape index (κ1) is 21.6. The normalized spacial score (nSPS) is 24.3. The first-order valence-corrected chi connectivity index (χ1v) is 11.0. The zero-order chi connectivity index (χ0) is 22.0. The number of rotatable bonds is 8. The highest BCUT2D eigenvalue weighted by atomic mass is 16.6. The zero-order valence-corrected chi connectivity index (χ0v) is 18.0. The molecule has 2 fully saturated rings. The third-order valence-electron chi connectivity index (χ3n) is 6.32. The van der Waals surface area contributed by atoms with Crippen LogP contribution in [0.5, 0.6) is 5.88 Å². The van der Waals surface area contributed by atoms with Crippen LogP contribution >= 0.6 is 0 Å². The Morgan fingerprint density at radius 3 is 2.68 bits per heavy atom. The topological polar surface area (TPSA) is 109 Å². The molecule has 0 spiro atoms. The molecule has 4 atom stereocenters. The van der Waals surface area contributed by atoms with Crippen molar-refractivity contribution in [3.05, 3.63) is 24.3 Å². The number of benzene rings is 1. The van der Waals surface area contributed by atoms with E-state index in [1.807, 2.05) is 42.8 Å². The van der Waals surface area contributed by atoms with Crippen LogP contribution in [0.25, 0.3) is 10.9 Å². The second kappa shape index (κ2) is 9.23. The van der Waals surface area contributed by atoms with Gasteiger partial charge >= 0.3 is 6.09 Å². The molecule has 0 saturated carbocycles. The van der Waals surface area contributed by atoms with Crippen molar-refractivity contribution in [2.75, 3.05) is 13.1 Å². The fourth-order valence-corrected chi connectivity index (χ4v) is 4.99. The fourth-order valence-electron chi connectivity index (χ4n) is 4.99. The molecule has 4 rings (SSSR count). The van der Waals surface area contributed by atoms with Gasteiger partial charge in [-0.15, -0.1) is 5.10 Å². The number of para-hydroxylation sites is 1. The summed E-state index contributed by atoms with van der Waals surface area (Å²) in [5.41, 5.74) is 0.939. The number of aliphatic hydroxyl groups is 1. The lowest BCUT2D eigenvalue weighted by atomic mass is 9.97. The van der Waals surface area contributed by atoms with Gasteiger partial charge in [0.15, 0.2) is 0 Å². The molecule has 1 aromatic heterocycles. The van der Waals surface area contributed by atoms with Crippen molar-refractivity contribution in [1.82, 2.24) is 25.3 Å².